The molecule has 1 aromatic heterocycles. The topological polar surface area (TPSA) is 98.1 Å². The van der Waals surface area contributed by atoms with Crippen LogP contribution in [-0.2, 0) is 21.7 Å². The Kier molecular flexibility index (Phi) is 7.14. The number of halogens is 3. The van der Waals surface area contributed by atoms with E-state index in [9.17, 15) is 31.6 Å². The molecule has 0 bridgehead atoms. The number of nitrogens with zero attached hydrogens (tertiary/aromatic N) is 2. The molecular formula is C25H21F3N2O6S. The predicted octanol–water partition coefficient (Wildman–Crippen LogP) is 5.23. The third-order valence-corrected chi connectivity index (χ3v) is 7.36. The van der Waals surface area contributed by atoms with E-state index in [4.69, 9.17) is 4.74 Å². The summed E-state index contributed by atoms with van der Waals surface area (Å²) in [5.41, 5.74) is 1.23. The van der Waals surface area contributed by atoms with Crippen LogP contribution in [0.3, 0.4) is 0 Å². The number of sulfone groups is 1. The Morgan fingerprint density at radius 1 is 0.973 bits per heavy atom. The van der Waals surface area contributed by atoms with E-state index in [-0.39, 0.29) is 22.8 Å². The lowest BCUT2D eigenvalue weighted by Crippen LogP contribution is -2.31. The molecule has 0 aliphatic carbocycles. The van der Waals surface area contributed by atoms with E-state index in [1.54, 1.807) is 17.7 Å². The Labute approximate surface area is 209 Å². The van der Waals surface area contributed by atoms with E-state index in [2.05, 4.69) is 4.74 Å². The molecule has 0 aliphatic heterocycles. The Bertz CT molecular complexity index is 1500. The van der Waals surface area contributed by atoms with Gasteiger partial charge in [0.1, 0.15) is 23.3 Å². The zero-order valence-corrected chi connectivity index (χ0v) is 20.1. The van der Waals surface area contributed by atoms with Gasteiger partial charge in [-0.3, -0.25) is 10.0 Å². The third-order valence-electron chi connectivity index (χ3n) is 5.61. The number of aryl methyl sites for hydroxylation is 1. The maximum absolute atomic E-state index is 13.2. The van der Waals surface area contributed by atoms with E-state index in [0.717, 1.165) is 23.0 Å². The van der Waals surface area contributed by atoms with Crippen LogP contribution in [0.15, 0.2) is 83.8 Å². The molecule has 1 amide bonds. The zero-order valence-electron chi connectivity index (χ0n) is 19.3. The number of benzene rings is 3. The summed E-state index contributed by atoms with van der Waals surface area (Å²) in [7, 11) is -2.27. The predicted molar refractivity (Wildman–Crippen MR) is 127 cm³/mol. The number of aromatic nitrogens is 1. The fourth-order valence-corrected chi connectivity index (χ4v) is 5.35. The number of hydroxylamine groups is 2. The smallest absolute Gasteiger partial charge is 0.457 e. The van der Waals surface area contributed by atoms with Crippen molar-refractivity contribution in [1.29, 1.82) is 0 Å². The average molecular weight is 535 g/mol. The minimum absolute atomic E-state index is 0.0724. The normalized spacial score (nSPS) is 12.8. The number of hydrogen-bond donors (Lipinski definition) is 1. The molecule has 0 aliphatic rings. The second-order valence-electron chi connectivity index (χ2n) is 8.06. The van der Waals surface area contributed by atoms with Gasteiger partial charge < -0.3 is 14.0 Å². The molecule has 3 aromatic carbocycles. The highest BCUT2D eigenvalue weighted by Gasteiger charge is 2.31. The lowest BCUT2D eigenvalue weighted by molar-refractivity contribution is -0.274. The molecule has 0 saturated heterocycles. The molecule has 37 heavy (non-hydrogen) atoms. The van der Waals surface area contributed by atoms with Gasteiger partial charge in [0.05, 0.1) is 10.6 Å². The summed E-state index contributed by atoms with van der Waals surface area (Å²) in [5, 5.41) is 11.4. The van der Waals surface area contributed by atoms with Gasteiger partial charge in [0, 0.05) is 18.3 Å². The Balaban J connectivity index is 1.52. The summed E-state index contributed by atoms with van der Waals surface area (Å²) in [4.78, 5) is 11.3. The van der Waals surface area contributed by atoms with Crippen molar-refractivity contribution in [2.24, 2.45) is 7.05 Å². The minimum atomic E-state index is -4.81. The van der Waals surface area contributed by atoms with E-state index in [1.165, 1.54) is 36.4 Å². The molecule has 1 unspecified atom stereocenters. The summed E-state index contributed by atoms with van der Waals surface area (Å²) >= 11 is 0. The van der Waals surface area contributed by atoms with Gasteiger partial charge in [-0.2, -0.15) is 0 Å². The number of carbonyl (C=O) groups excluding carboxylic acids is 1. The van der Waals surface area contributed by atoms with Crippen LogP contribution >= 0.6 is 0 Å². The lowest BCUT2D eigenvalue weighted by Gasteiger charge is -2.23. The van der Waals surface area contributed by atoms with Crippen LogP contribution in [-0.4, -0.2) is 41.8 Å². The van der Waals surface area contributed by atoms with Crippen molar-refractivity contribution in [3.8, 4) is 17.2 Å². The van der Waals surface area contributed by atoms with Crippen LogP contribution in [0.1, 0.15) is 11.7 Å². The number of fused-ring (bicyclic) bond motifs is 1. The van der Waals surface area contributed by atoms with Crippen molar-refractivity contribution in [2.45, 2.75) is 17.3 Å². The molecular weight excluding hydrogens is 513 g/mol. The van der Waals surface area contributed by atoms with Gasteiger partial charge in [0.2, 0.25) is 6.41 Å². The standard InChI is InChI=1S/C25H21F3N2O6S/c1-29-22-5-3-2-4-17(22)14-23(29)24(30(32)16-31)15-37(33,34)21-12-10-19(11-13-21)35-18-6-8-20(9-7-18)36-25(26,27)28/h2-14,16,24,32H,15H2,1H3. The van der Waals surface area contributed by atoms with E-state index in [1.807, 2.05) is 24.3 Å². The summed E-state index contributed by atoms with van der Waals surface area (Å²) in [6.07, 6.45) is -4.66. The molecule has 1 N–H and O–H groups in total. The monoisotopic (exact) mass is 534 g/mol. The van der Waals surface area contributed by atoms with Crippen molar-refractivity contribution in [3.05, 3.63) is 84.6 Å². The van der Waals surface area contributed by atoms with Gasteiger partial charge >= 0.3 is 6.36 Å². The first-order chi connectivity index (χ1) is 17.5. The van der Waals surface area contributed by atoms with Gasteiger partial charge in [-0.1, -0.05) is 18.2 Å². The summed E-state index contributed by atoms with van der Waals surface area (Å²) in [5.74, 6) is -0.545. The molecule has 1 atom stereocenters. The van der Waals surface area contributed by atoms with Crippen molar-refractivity contribution in [3.63, 3.8) is 0 Å². The number of ether oxygens (including phenoxy) is 2. The minimum Gasteiger partial charge on any atom is -0.457 e. The SMILES string of the molecule is Cn1c(C(CS(=O)(=O)c2ccc(Oc3ccc(OC(F)(F)F)cc3)cc2)N(O)C=O)cc2ccccc21. The molecule has 8 nitrogen and oxygen atoms in total. The molecule has 0 radical (unpaired) electrons. The van der Waals surface area contributed by atoms with E-state index >= 15 is 0 Å². The third kappa shape index (κ3) is 6.04. The molecule has 1 heterocycles. The molecule has 4 aromatic rings. The Hall–Kier alpha value is -4.03. The highest BCUT2D eigenvalue weighted by molar-refractivity contribution is 7.91. The Morgan fingerprint density at radius 2 is 1.54 bits per heavy atom. The maximum Gasteiger partial charge on any atom is 0.573 e. The number of carbonyl (C=O) groups is 1. The Morgan fingerprint density at radius 3 is 2.11 bits per heavy atom. The van der Waals surface area contributed by atoms with Crippen molar-refractivity contribution >= 4 is 27.2 Å². The molecule has 194 valence electrons. The van der Waals surface area contributed by atoms with Crippen LogP contribution in [0, 0.1) is 0 Å². The number of hydrogen-bond acceptors (Lipinski definition) is 6. The van der Waals surface area contributed by atoms with Gasteiger partial charge in [-0.15, -0.1) is 13.2 Å². The zero-order chi connectivity index (χ0) is 26.8. The van der Waals surface area contributed by atoms with E-state index in [0.29, 0.717) is 10.8 Å². The van der Waals surface area contributed by atoms with Crippen LogP contribution < -0.4 is 9.47 Å². The van der Waals surface area contributed by atoms with Crippen LogP contribution in [0.4, 0.5) is 13.2 Å². The highest BCUT2D eigenvalue weighted by atomic mass is 32.2. The molecule has 0 spiro atoms. The average Bonchev–Trinajstić information content (AvgIpc) is 3.19. The van der Waals surface area contributed by atoms with E-state index < -0.39 is 33.7 Å². The first-order valence-corrected chi connectivity index (χ1v) is 12.5. The highest BCUT2D eigenvalue weighted by Crippen LogP contribution is 2.31. The summed E-state index contributed by atoms with van der Waals surface area (Å²) in [6, 6.07) is 17.9. The fourth-order valence-electron chi connectivity index (χ4n) is 3.87. The number of rotatable bonds is 9. The van der Waals surface area contributed by atoms with Crippen molar-refractivity contribution in [2.75, 3.05) is 5.75 Å². The molecule has 0 fully saturated rings. The first-order valence-electron chi connectivity index (χ1n) is 10.8. The van der Waals surface area contributed by atoms with Crippen LogP contribution in [0.25, 0.3) is 10.9 Å². The molecule has 12 heteroatoms. The van der Waals surface area contributed by atoms with Gasteiger partial charge in [-0.25, -0.2) is 13.5 Å². The van der Waals surface area contributed by atoms with Crippen molar-refractivity contribution in [1.82, 2.24) is 9.63 Å². The largest absolute Gasteiger partial charge is 0.573 e. The lowest BCUT2D eigenvalue weighted by atomic mass is 10.2. The van der Waals surface area contributed by atoms with Gasteiger partial charge in [-0.05, 0) is 66.0 Å². The number of amides is 1. The number of para-hydroxylation sites is 1. The quantitative estimate of drug-likeness (QED) is 0.179. The van der Waals surface area contributed by atoms with Crippen molar-refractivity contribution < 1.29 is 41.1 Å². The fraction of sp³-hybridized carbons (Fsp3) is 0.160. The second kappa shape index (κ2) is 10.1. The molecule has 4 rings (SSSR count). The first kappa shape index (κ1) is 26.0. The van der Waals surface area contributed by atoms with Crippen LogP contribution in [0.2, 0.25) is 0 Å². The summed E-state index contributed by atoms with van der Waals surface area (Å²) < 4.78 is 74.3. The summed E-state index contributed by atoms with van der Waals surface area (Å²) in [6.45, 7) is 0. The second-order valence-corrected chi connectivity index (χ2v) is 10.1. The van der Waals surface area contributed by atoms with Crippen LogP contribution in [0.5, 0.6) is 17.2 Å². The van der Waals surface area contributed by atoms with Gasteiger partial charge in [0.15, 0.2) is 9.84 Å². The molecule has 0 saturated carbocycles. The maximum atomic E-state index is 13.2. The van der Waals surface area contributed by atoms with Gasteiger partial charge in [0.25, 0.3) is 0 Å². The number of alkyl halides is 3.